The van der Waals surface area contributed by atoms with Crippen LogP contribution in [0.25, 0.3) is 6.08 Å². The summed E-state index contributed by atoms with van der Waals surface area (Å²) in [6.45, 7) is 0.103. The van der Waals surface area contributed by atoms with Gasteiger partial charge in [-0.15, -0.1) is 0 Å². The highest BCUT2D eigenvalue weighted by Crippen LogP contribution is 2.33. The standard InChI is InChI=1S/C25H16ClN3O9S/c26-17-4-6-20(7-5-17)37-9-8-27-23(30)22(39-25(27)32)11-15-2-1-3-21(10-15)38-24(31)16-12-18(28(33)34)14-19(13-16)29(35)36/h1-7,10-14H,8-9H2/b22-11-. The number of non-ortho nitro benzene ring substituents is 2. The summed E-state index contributed by atoms with van der Waals surface area (Å²) in [6.07, 6.45) is 1.44. The number of hydrogen-bond acceptors (Lipinski definition) is 10. The van der Waals surface area contributed by atoms with Crippen molar-refractivity contribution in [3.8, 4) is 11.5 Å². The summed E-state index contributed by atoms with van der Waals surface area (Å²) in [7, 11) is 0. The van der Waals surface area contributed by atoms with E-state index in [4.69, 9.17) is 21.1 Å². The lowest BCUT2D eigenvalue weighted by atomic mass is 10.1. The normalized spacial score (nSPS) is 14.0. The quantitative estimate of drug-likeness (QED) is 0.106. The van der Waals surface area contributed by atoms with Crippen LogP contribution in [-0.2, 0) is 4.79 Å². The fourth-order valence-electron chi connectivity index (χ4n) is 3.39. The maximum Gasteiger partial charge on any atom is 0.344 e. The lowest BCUT2D eigenvalue weighted by molar-refractivity contribution is -0.394. The highest BCUT2D eigenvalue weighted by Gasteiger charge is 2.34. The third kappa shape index (κ3) is 6.77. The van der Waals surface area contributed by atoms with Crippen molar-refractivity contribution >= 4 is 57.9 Å². The second-order valence-electron chi connectivity index (χ2n) is 7.85. The van der Waals surface area contributed by atoms with Crippen LogP contribution < -0.4 is 9.47 Å². The minimum Gasteiger partial charge on any atom is -0.492 e. The number of thioether (sulfide) groups is 1. The Morgan fingerprint density at radius 3 is 2.26 bits per heavy atom. The number of nitro groups is 2. The van der Waals surface area contributed by atoms with E-state index in [1.807, 2.05) is 0 Å². The molecule has 198 valence electrons. The average Bonchev–Trinajstić information content (AvgIpc) is 3.16. The number of rotatable bonds is 9. The number of carbonyl (C=O) groups is 3. The predicted octanol–water partition coefficient (Wildman–Crippen LogP) is 5.49. The zero-order valence-electron chi connectivity index (χ0n) is 19.6. The van der Waals surface area contributed by atoms with Gasteiger partial charge in [0.1, 0.15) is 18.1 Å². The number of esters is 1. The molecule has 2 amide bonds. The number of nitro benzene ring substituents is 2. The second kappa shape index (κ2) is 11.8. The first-order valence-corrected chi connectivity index (χ1v) is 12.2. The molecule has 0 bridgehead atoms. The Kier molecular flexibility index (Phi) is 8.22. The largest absolute Gasteiger partial charge is 0.492 e. The molecule has 0 unspecified atom stereocenters. The molecule has 0 aromatic heterocycles. The van der Waals surface area contributed by atoms with E-state index < -0.39 is 38.3 Å². The summed E-state index contributed by atoms with van der Waals surface area (Å²) < 4.78 is 10.8. The minimum absolute atomic E-state index is 0.0125. The molecule has 1 aliphatic heterocycles. The predicted molar refractivity (Wildman–Crippen MR) is 141 cm³/mol. The Morgan fingerprint density at radius 2 is 1.62 bits per heavy atom. The van der Waals surface area contributed by atoms with Gasteiger partial charge in [-0.1, -0.05) is 23.7 Å². The summed E-state index contributed by atoms with van der Waals surface area (Å²) in [6, 6.07) is 15.0. The molecule has 1 aliphatic rings. The number of benzene rings is 3. The van der Waals surface area contributed by atoms with Crippen molar-refractivity contribution in [3.63, 3.8) is 0 Å². The molecule has 3 aromatic carbocycles. The van der Waals surface area contributed by atoms with Crippen molar-refractivity contribution in [1.82, 2.24) is 4.90 Å². The molecule has 1 saturated heterocycles. The number of nitrogens with zero attached hydrogens (tertiary/aromatic N) is 3. The number of ether oxygens (including phenoxy) is 2. The molecule has 4 rings (SSSR count). The van der Waals surface area contributed by atoms with E-state index in [2.05, 4.69) is 0 Å². The van der Waals surface area contributed by atoms with Gasteiger partial charge >= 0.3 is 5.97 Å². The molecule has 1 heterocycles. The van der Waals surface area contributed by atoms with E-state index in [1.165, 1.54) is 24.3 Å². The topological polar surface area (TPSA) is 159 Å². The van der Waals surface area contributed by atoms with Crippen molar-refractivity contribution in [2.45, 2.75) is 0 Å². The van der Waals surface area contributed by atoms with Crippen LogP contribution >= 0.6 is 23.4 Å². The van der Waals surface area contributed by atoms with Gasteiger partial charge in [-0.2, -0.15) is 0 Å². The van der Waals surface area contributed by atoms with Crippen molar-refractivity contribution in [3.05, 3.63) is 108 Å². The van der Waals surface area contributed by atoms with E-state index >= 15 is 0 Å². The van der Waals surface area contributed by atoms with Crippen molar-refractivity contribution < 1.29 is 33.7 Å². The van der Waals surface area contributed by atoms with Crippen LogP contribution in [0, 0.1) is 20.2 Å². The lowest BCUT2D eigenvalue weighted by Crippen LogP contribution is -2.32. The lowest BCUT2D eigenvalue weighted by Gasteiger charge is -2.13. The number of halogens is 1. The molecule has 0 radical (unpaired) electrons. The average molecular weight is 570 g/mol. The zero-order chi connectivity index (χ0) is 28.1. The van der Waals surface area contributed by atoms with Gasteiger partial charge in [0.2, 0.25) is 0 Å². The third-order valence-corrected chi connectivity index (χ3v) is 6.36. The van der Waals surface area contributed by atoms with E-state index in [-0.39, 0.29) is 29.4 Å². The molecular weight excluding hydrogens is 554 g/mol. The Hall–Kier alpha value is -4.75. The van der Waals surface area contributed by atoms with Crippen LogP contribution in [0.5, 0.6) is 11.5 Å². The number of hydrogen-bond donors (Lipinski definition) is 0. The van der Waals surface area contributed by atoms with Crippen LogP contribution in [-0.4, -0.2) is 45.0 Å². The van der Waals surface area contributed by atoms with Crippen molar-refractivity contribution in [2.75, 3.05) is 13.2 Å². The number of amides is 2. The smallest absolute Gasteiger partial charge is 0.344 e. The summed E-state index contributed by atoms with van der Waals surface area (Å²) >= 11 is 6.57. The van der Waals surface area contributed by atoms with Gasteiger partial charge in [0.25, 0.3) is 22.5 Å². The molecule has 3 aromatic rings. The monoisotopic (exact) mass is 569 g/mol. The van der Waals surface area contributed by atoms with Gasteiger partial charge in [0.05, 0.1) is 32.9 Å². The van der Waals surface area contributed by atoms with E-state index in [0.717, 1.165) is 34.9 Å². The second-order valence-corrected chi connectivity index (χ2v) is 9.28. The van der Waals surface area contributed by atoms with Crippen molar-refractivity contribution in [2.24, 2.45) is 0 Å². The van der Waals surface area contributed by atoms with Crippen LogP contribution in [0.15, 0.2) is 71.6 Å². The van der Waals surface area contributed by atoms with Crippen LogP contribution in [0.3, 0.4) is 0 Å². The Balaban J connectivity index is 1.44. The molecule has 0 atom stereocenters. The summed E-state index contributed by atoms with van der Waals surface area (Å²) in [5, 5.41) is 22.2. The Labute approximate surface area is 229 Å². The molecule has 0 saturated carbocycles. The van der Waals surface area contributed by atoms with Crippen LogP contribution in [0.1, 0.15) is 15.9 Å². The number of carbonyl (C=O) groups excluding carboxylic acids is 3. The molecule has 14 heteroatoms. The minimum atomic E-state index is -1.06. The van der Waals surface area contributed by atoms with Crippen molar-refractivity contribution in [1.29, 1.82) is 0 Å². The van der Waals surface area contributed by atoms with Gasteiger partial charge in [-0.05, 0) is 59.8 Å². The van der Waals surface area contributed by atoms with E-state index in [1.54, 1.807) is 30.3 Å². The maximum atomic E-state index is 12.8. The first kappa shape index (κ1) is 27.3. The molecule has 0 aliphatic carbocycles. The fraction of sp³-hybridized carbons (Fsp3) is 0.0800. The Morgan fingerprint density at radius 1 is 0.949 bits per heavy atom. The molecule has 12 nitrogen and oxygen atoms in total. The first-order valence-electron chi connectivity index (χ1n) is 11.0. The summed E-state index contributed by atoms with van der Waals surface area (Å²) in [5.41, 5.74) is -1.24. The fourth-order valence-corrected chi connectivity index (χ4v) is 4.38. The van der Waals surface area contributed by atoms with E-state index in [9.17, 15) is 34.6 Å². The summed E-state index contributed by atoms with van der Waals surface area (Å²) in [5.74, 6) is -1.03. The van der Waals surface area contributed by atoms with Crippen LogP contribution in [0.4, 0.5) is 16.2 Å². The molecule has 39 heavy (non-hydrogen) atoms. The number of imide groups is 1. The van der Waals surface area contributed by atoms with Gasteiger partial charge in [0, 0.05) is 17.2 Å². The maximum absolute atomic E-state index is 12.8. The van der Waals surface area contributed by atoms with Gasteiger partial charge in [0.15, 0.2) is 0 Å². The zero-order valence-corrected chi connectivity index (χ0v) is 21.2. The van der Waals surface area contributed by atoms with Crippen LogP contribution in [0.2, 0.25) is 5.02 Å². The molecule has 1 fully saturated rings. The Bertz CT molecular complexity index is 1490. The van der Waals surface area contributed by atoms with Gasteiger partial charge in [-0.3, -0.25) is 34.7 Å². The van der Waals surface area contributed by atoms with Gasteiger partial charge < -0.3 is 9.47 Å². The molecule has 0 spiro atoms. The van der Waals surface area contributed by atoms with E-state index in [0.29, 0.717) is 16.3 Å². The molecule has 0 N–H and O–H groups in total. The SMILES string of the molecule is O=C(Oc1cccc(/C=C2\SC(=O)N(CCOc3ccc(Cl)cc3)C2=O)c1)c1cc([N+](=O)[O-])cc([N+](=O)[O-])c1. The first-order chi connectivity index (χ1) is 18.6. The third-order valence-electron chi connectivity index (χ3n) is 5.20. The summed E-state index contributed by atoms with van der Waals surface area (Å²) in [4.78, 5) is 59.4. The van der Waals surface area contributed by atoms with Gasteiger partial charge in [-0.25, -0.2) is 4.79 Å². The molecular formula is C25H16ClN3O9S. The highest BCUT2D eigenvalue weighted by molar-refractivity contribution is 8.18. The highest BCUT2D eigenvalue weighted by atomic mass is 35.5.